The van der Waals surface area contributed by atoms with E-state index in [2.05, 4.69) is 63.3 Å². The molecule has 0 nitrogen and oxygen atoms in total. The van der Waals surface area contributed by atoms with Crippen LogP contribution in [0.4, 0.5) is 0 Å². The number of hydrogen-bond donors (Lipinski definition) is 0. The number of hydrogen-bond acceptors (Lipinski definition) is 0. The Morgan fingerprint density at radius 2 is 1.73 bits per heavy atom. The molecule has 0 aromatic carbocycles. The second-order valence-corrected chi connectivity index (χ2v) is 8.30. The molecule has 120 valence electrons. The summed E-state index contributed by atoms with van der Waals surface area (Å²) in [6.07, 6.45) is 25.2. The zero-order valence-electron chi connectivity index (χ0n) is 14.6. The third-order valence-corrected chi connectivity index (χ3v) is 6.22. The van der Waals surface area contributed by atoms with Gasteiger partial charge in [-0.15, -0.1) is 0 Å². The largest absolute Gasteiger partial charge is 0.0800 e. The predicted octanol–water partition coefficient (Wildman–Crippen LogP) is 6.47. The van der Waals surface area contributed by atoms with E-state index in [0.29, 0.717) is 23.2 Å². The molecule has 0 aromatic rings. The van der Waals surface area contributed by atoms with E-state index in [4.69, 9.17) is 0 Å². The SMILES string of the molecule is CC1=CC(C)C(C(C)(CC2C=CC=C2)CC2CCCC2)C=C1. The zero-order chi connectivity index (χ0) is 15.6. The van der Waals surface area contributed by atoms with Gasteiger partial charge < -0.3 is 0 Å². The Bertz CT molecular complexity index is 486. The molecule has 3 aliphatic rings. The van der Waals surface area contributed by atoms with Gasteiger partial charge >= 0.3 is 0 Å². The van der Waals surface area contributed by atoms with Gasteiger partial charge in [0.25, 0.3) is 0 Å². The van der Waals surface area contributed by atoms with Crippen molar-refractivity contribution in [1.29, 1.82) is 0 Å². The van der Waals surface area contributed by atoms with Gasteiger partial charge in [0.05, 0.1) is 0 Å². The van der Waals surface area contributed by atoms with E-state index in [9.17, 15) is 0 Å². The second-order valence-electron chi connectivity index (χ2n) is 8.30. The quantitative estimate of drug-likeness (QED) is 0.545. The van der Waals surface area contributed by atoms with Gasteiger partial charge in [0, 0.05) is 0 Å². The summed E-state index contributed by atoms with van der Waals surface area (Å²) in [6.45, 7) is 7.23. The van der Waals surface area contributed by atoms with E-state index in [0.717, 1.165) is 5.92 Å². The molecule has 22 heavy (non-hydrogen) atoms. The topological polar surface area (TPSA) is 0 Å². The summed E-state index contributed by atoms with van der Waals surface area (Å²) in [6, 6.07) is 0. The number of allylic oxidation sites excluding steroid dienone is 8. The summed E-state index contributed by atoms with van der Waals surface area (Å²) < 4.78 is 0. The molecule has 0 amide bonds. The Labute approximate surface area is 137 Å². The lowest BCUT2D eigenvalue weighted by Gasteiger charge is -2.43. The average Bonchev–Trinajstić information content (AvgIpc) is 3.12. The lowest BCUT2D eigenvalue weighted by atomic mass is 9.61. The van der Waals surface area contributed by atoms with E-state index in [1.165, 1.54) is 44.1 Å². The van der Waals surface area contributed by atoms with Crippen LogP contribution in [0.15, 0.2) is 48.1 Å². The van der Waals surface area contributed by atoms with Gasteiger partial charge in [0.1, 0.15) is 0 Å². The van der Waals surface area contributed by atoms with Gasteiger partial charge in [0.2, 0.25) is 0 Å². The Balaban J connectivity index is 1.79. The molecular weight excluding hydrogens is 264 g/mol. The molecule has 0 radical (unpaired) electrons. The Morgan fingerprint density at radius 3 is 2.36 bits per heavy atom. The highest BCUT2D eigenvalue weighted by Crippen LogP contribution is 2.49. The van der Waals surface area contributed by atoms with Crippen LogP contribution in [0.25, 0.3) is 0 Å². The van der Waals surface area contributed by atoms with Gasteiger partial charge in [-0.1, -0.05) is 87.6 Å². The van der Waals surface area contributed by atoms with E-state index >= 15 is 0 Å². The third-order valence-electron chi connectivity index (χ3n) is 6.22. The molecule has 1 saturated carbocycles. The molecule has 0 spiro atoms. The van der Waals surface area contributed by atoms with Crippen molar-refractivity contribution in [3.05, 3.63) is 48.1 Å². The molecule has 3 rings (SSSR count). The Hall–Kier alpha value is -1.04. The summed E-state index contributed by atoms with van der Waals surface area (Å²) >= 11 is 0. The monoisotopic (exact) mass is 296 g/mol. The van der Waals surface area contributed by atoms with Crippen LogP contribution >= 0.6 is 0 Å². The third kappa shape index (κ3) is 3.47. The minimum Gasteiger partial charge on any atom is -0.0800 e. The molecule has 0 N–H and O–H groups in total. The second kappa shape index (κ2) is 6.60. The van der Waals surface area contributed by atoms with Crippen LogP contribution in [0.5, 0.6) is 0 Å². The standard InChI is InChI=1S/C22H32/c1-17-12-13-21(18(2)14-17)22(3,15-19-8-4-5-9-19)16-20-10-6-7-11-20/h4-5,8-9,12-14,18-21H,6-7,10-11,15-16H2,1-3H3. The summed E-state index contributed by atoms with van der Waals surface area (Å²) in [5, 5.41) is 0. The maximum atomic E-state index is 2.57. The van der Waals surface area contributed by atoms with E-state index < -0.39 is 0 Å². The summed E-state index contributed by atoms with van der Waals surface area (Å²) in [5.41, 5.74) is 1.86. The molecule has 0 aromatic heterocycles. The molecule has 0 saturated heterocycles. The van der Waals surface area contributed by atoms with E-state index in [1.54, 1.807) is 0 Å². The molecule has 1 fully saturated rings. The van der Waals surface area contributed by atoms with Crippen LogP contribution in [0.3, 0.4) is 0 Å². The molecular formula is C22H32. The van der Waals surface area contributed by atoms with Crippen molar-refractivity contribution in [2.24, 2.45) is 29.1 Å². The smallest absolute Gasteiger partial charge is 0.00419 e. The summed E-state index contributed by atoms with van der Waals surface area (Å²) in [7, 11) is 0. The molecule has 3 atom stereocenters. The molecule has 3 aliphatic carbocycles. The van der Waals surface area contributed by atoms with E-state index in [1.807, 2.05) is 0 Å². The van der Waals surface area contributed by atoms with Gasteiger partial charge in [-0.05, 0) is 48.9 Å². The first kappa shape index (κ1) is 15.8. The summed E-state index contributed by atoms with van der Waals surface area (Å²) in [5.74, 6) is 2.98. The maximum absolute atomic E-state index is 2.57. The Morgan fingerprint density at radius 1 is 1.05 bits per heavy atom. The Kier molecular flexibility index (Phi) is 4.76. The van der Waals surface area contributed by atoms with Crippen molar-refractivity contribution >= 4 is 0 Å². The zero-order valence-corrected chi connectivity index (χ0v) is 14.6. The van der Waals surface area contributed by atoms with Gasteiger partial charge in [-0.2, -0.15) is 0 Å². The highest BCUT2D eigenvalue weighted by atomic mass is 14.4. The first-order valence-electron chi connectivity index (χ1n) is 9.28. The molecule has 3 unspecified atom stereocenters. The fourth-order valence-electron chi connectivity index (χ4n) is 5.25. The predicted molar refractivity (Wildman–Crippen MR) is 96.6 cm³/mol. The van der Waals surface area contributed by atoms with Gasteiger partial charge in [-0.25, -0.2) is 0 Å². The minimum absolute atomic E-state index is 0.422. The minimum atomic E-state index is 0.422. The highest BCUT2D eigenvalue weighted by Gasteiger charge is 2.39. The van der Waals surface area contributed by atoms with Crippen molar-refractivity contribution < 1.29 is 0 Å². The van der Waals surface area contributed by atoms with Crippen LogP contribution in [0.1, 0.15) is 59.3 Å². The van der Waals surface area contributed by atoms with Crippen LogP contribution in [-0.2, 0) is 0 Å². The van der Waals surface area contributed by atoms with Crippen LogP contribution < -0.4 is 0 Å². The molecule has 0 aliphatic heterocycles. The van der Waals surface area contributed by atoms with Crippen LogP contribution in [0.2, 0.25) is 0 Å². The maximum Gasteiger partial charge on any atom is -0.00419 e. The first-order valence-corrected chi connectivity index (χ1v) is 9.28. The molecule has 0 bridgehead atoms. The summed E-state index contributed by atoms with van der Waals surface area (Å²) in [4.78, 5) is 0. The van der Waals surface area contributed by atoms with Crippen molar-refractivity contribution in [3.8, 4) is 0 Å². The van der Waals surface area contributed by atoms with Crippen molar-refractivity contribution in [2.75, 3.05) is 0 Å². The average molecular weight is 296 g/mol. The van der Waals surface area contributed by atoms with Gasteiger partial charge in [-0.3, -0.25) is 0 Å². The van der Waals surface area contributed by atoms with E-state index in [-0.39, 0.29) is 0 Å². The molecule has 0 heterocycles. The highest BCUT2D eigenvalue weighted by molar-refractivity contribution is 5.25. The number of rotatable bonds is 5. The molecule has 0 heteroatoms. The fraction of sp³-hybridized carbons (Fsp3) is 0.636. The van der Waals surface area contributed by atoms with Crippen molar-refractivity contribution in [2.45, 2.75) is 59.3 Å². The first-order chi connectivity index (χ1) is 10.6. The lowest BCUT2D eigenvalue weighted by Crippen LogP contribution is -2.34. The van der Waals surface area contributed by atoms with Crippen LogP contribution in [-0.4, -0.2) is 0 Å². The van der Waals surface area contributed by atoms with Crippen molar-refractivity contribution in [1.82, 2.24) is 0 Å². The van der Waals surface area contributed by atoms with Crippen molar-refractivity contribution in [3.63, 3.8) is 0 Å². The van der Waals surface area contributed by atoms with Gasteiger partial charge in [0.15, 0.2) is 0 Å². The fourth-order valence-corrected chi connectivity index (χ4v) is 5.25. The normalized spacial score (nSPS) is 31.7. The van der Waals surface area contributed by atoms with Crippen LogP contribution in [0, 0.1) is 29.1 Å². The lowest BCUT2D eigenvalue weighted by molar-refractivity contribution is 0.120.